The first-order chi connectivity index (χ1) is 14.4. The highest BCUT2D eigenvalue weighted by atomic mass is 19.1. The van der Waals surface area contributed by atoms with E-state index < -0.39 is 17.5 Å². The second-order valence-electron chi connectivity index (χ2n) is 7.51. The van der Waals surface area contributed by atoms with Crippen molar-refractivity contribution in [3.63, 3.8) is 0 Å². The van der Waals surface area contributed by atoms with Crippen LogP contribution in [0.5, 0.6) is 0 Å². The number of halogens is 2. The Morgan fingerprint density at radius 3 is 2.50 bits per heavy atom. The van der Waals surface area contributed by atoms with Crippen molar-refractivity contribution in [3.05, 3.63) is 81.1 Å². The maximum absolute atomic E-state index is 13.8. The molecule has 0 saturated heterocycles. The van der Waals surface area contributed by atoms with Gasteiger partial charge in [-0.05, 0) is 50.3 Å². The van der Waals surface area contributed by atoms with Crippen molar-refractivity contribution in [2.45, 2.75) is 39.2 Å². The van der Waals surface area contributed by atoms with E-state index in [-0.39, 0.29) is 17.8 Å². The third-order valence-corrected chi connectivity index (χ3v) is 5.29. The Balaban J connectivity index is 1.70. The van der Waals surface area contributed by atoms with E-state index in [2.05, 4.69) is 10.4 Å². The molecule has 0 bridgehead atoms. The average molecular weight is 409 g/mol. The molecule has 1 heterocycles. The molecule has 7 heteroatoms. The largest absolute Gasteiger partial charge is 0.322 e. The first-order valence-corrected chi connectivity index (χ1v) is 9.87. The standard InChI is InChI=1S/C23H21F2N3O2/c1-14-6-8-15(9-7-14)22-17-4-2-3-5-18(17)23(30)28(27-22)13-21(29)26-20-12-16(24)10-11-19(20)25/h6-12H,2-5,13H2,1H3,(H,26,29). The van der Waals surface area contributed by atoms with Crippen LogP contribution < -0.4 is 10.9 Å². The lowest BCUT2D eigenvalue weighted by Gasteiger charge is -2.20. The molecule has 1 aliphatic carbocycles. The molecule has 1 amide bonds. The zero-order valence-electron chi connectivity index (χ0n) is 16.5. The third-order valence-electron chi connectivity index (χ3n) is 5.29. The van der Waals surface area contributed by atoms with E-state index in [1.54, 1.807) is 0 Å². The van der Waals surface area contributed by atoms with Gasteiger partial charge in [-0.3, -0.25) is 9.59 Å². The molecule has 1 aromatic heterocycles. The Hall–Kier alpha value is -3.35. The fourth-order valence-electron chi connectivity index (χ4n) is 3.75. The number of amides is 1. The number of nitrogens with zero attached hydrogens (tertiary/aromatic N) is 2. The predicted molar refractivity (Wildman–Crippen MR) is 110 cm³/mol. The highest BCUT2D eigenvalue weighted by Gasteiger charge is 2.22. The number of anilines is 1. The van der Waals surface area contributed by atoms with Gasteiger partial charge in [0.2, 0.25) is 5.91 Å². The van der Waals surface area contributed by atoms with Crippen LogP contribution in [0.25, 0.3) is 11.3 Å². The van der Waals surface area contributed by atoms with Gasteiger partial charge >= 0.3 is 0 Å². The minimum atomic E-state index is -0.754. The highest BCUT2D eigenvalue weighted by molar-refractivity contribution is 5.90. The first kappa shape index (κ1) is 19.9. The molecule has 30 heavy (non-hydrogen) atoms. The van der Waals surface area contributed by atoms with Crippen LogP contribution in [-0.2, 0) is 24.2 Å². The maximum Gasteiger partial charge on any atom is 0.270 e. The van der Waals surface area contributed by atoms with Gasteiger partial charge in [-0.2, -0.15) is 5.10 Å². The van der Waals surface area contributed by atoms with Crippen molar-refractivity contribution in [1.29, 1.82) is 0 Å². The van der Waals surface area contributed by atoms with E-state index in [0.29, 0.717) is 17.7 Å². The van der Waals surface area contributed by atoms with Crippen molar-refractivity contribution in [1.82, 2.24) is 9.78 Å². The van der Waals surface area contributed by atoms with Gasteiger partial charge in [-0.25, -0.2) is 13.5 Å². The minimum Gasteiger partial charge on any atom is -0.322 e. The van der Waals surface area contributed by atoms with Crippen LogP contribution in [0.4, 0.5) is 14.5 Å². The summed E-state index contributed by atoms with van der Waals surface area (Å²) in [6.07, 6.45) is 3.29. The molecule has 0 atom stereocenters. The monoisotopic (exact) mass is 409 g/mol. The van der Waals surface area contributed by atoms with E-state index in [1.807, 2.05) is 31.2 Å². The predicted octanol–water partition coefficient (Wildman–Crippen LogP) is 4.01. The van der Waals surface area contributed by atoms with E-state index in [9.17, 15) is 18.4 Å². The van der Waals surface area contributed by atoms with Crippen LogP contribution >= 0.6 is 0 Å². The molecular weight excluding hydrogens is 388 g/mol. The van der Waals surface area contributed by atoms with Gasteiger partial charge in [0.25, 0.3) is 5.56 Å². The Morgan fingerprint density at radius 1 is 1.07 bits per heavy atom. The van der Waals surface area contributed by atoms with Crippen LogP contribution in [0.2, 0.25) is 0 Å². The van der Waals surface area contributed by atoms with Gasteiger partial charge < -0.3 is 5.32 Å². The van der Waals surface area contributed by atoms with Crippen LogP contribution in [0.3, 0.4) is 0 Å². The molecule has 154 valence electrons. The fourth-order valence-corrected chi connectivity index (χ4v) is 3.75. The quantitative estimate of drug-likeness (QED) is 0.708. The Labute approximate surface area is 172 Å². The fraction of sp³-hybridized carbons (Fsp3) is 0.261. The summed E-state index contributed by atoms with van der Waals surface area (Å²) < 4.78 is 28.3. The molecule has 2 aromatic carbocycles. The van der Waals surface area contributed by atoms with Gasteiger partial charge in [0.15, 0.2) is 0 Å². The van der Waals surface area contributed by atoms with Gasteiger partial charge in [-0.1, -0.05) is 29.8 Å². The number of hydrogen-bond acceptors (Lipinski definition) is 3. The molecule has 0 spiro atoms. The molecule has 5 nitrogen and oxygen atoms in total. The molecule has 0 saturated carbocycles. The summed E-state index contributed by atoms with van der Waals surface area (Å²) in [5.41, 5.74) is 3.70. The van der Waals surface area contributed by atoms with Crippen molar-refractivity contribution >= 4 is 11.6 Å². The molecule has 3 aromatic rings. The lowest BCUT2D eigenvalue weighted by Crippen LogP contribution is -2.34. The van der Waals surface area contributed by atoms with Crippen LogP contribution in [0.1, 0.15) is 29.5 Å². The topological polar surface area (TPSA) is 64.0 Å². The molecule has 0 radical (unpaired) electrons. The van der Waals surface area contributed by atoms with E-state index in [1.165, 1.54) is 0 Å². The van der Waals surface area contributed by atoms with Gasteiger partial charge in [0.05, 0.1) is 11.4 Å². The number of fused-ring (bicyclic) bond motifs is 1. The number of benzene rings is 2. The number of carbonyl (C=O) groups excluding carboxylic acids is 1. The van der Waals surface area contributed by atoms with Crippen molar-refractivity contribution in [2.75, 3.05) is 5.32 Å². The summed E-state index contributed by atoms with van der Waals surface area (Å²) in [5.74, 6) is -2.08. The maximum atomic E-state index is 13.8. The van der Waals surface area contributed by atoms with Crippen molar-refractivity contribution < 1.29 is 13.6 Å². The number of aromatic nitrogens is 2. The number of hydrogen-bond donors (Lipinski definition) is 1. The van der Waals surface area contributed by atoms with Gasteiger partial charge in [0.1, 0.15) is 18.2 Å². The lowest BCUT2D eigenvalue weighted by molar-refractivity contribution is -0.117. The van der Waals surface area contributed by atoms with Crippen molar-refractivity contribution in [2.24, 2.45) is 0 Å². The Morgan fingerprint density at radius 2 is 1.77 bits per heavy atom. The summed E-state index contributed by atoms with van der Waals surface area (Å²) in [4.78, 5) is 25.4. The minimum absolute atomic E-state index is 0.273. The van der Waals surface area contributed by atoms with Crippen LogP contribution in [-0.4, -0.2) is 15.7 Å². The summed E-state index contributed by atoms with van der Waals surface area (Å²) in [6.45, 7) is 1.60. The summed E-state index contributed by atoms with van der Waals surface area (Å²) in [6, 6.07) is 10.6. The zero-order valence-corrected chi connectivity index (χ0v) is 16.5. The highest BCUT2D eigenvalue weighted by Crippen LogP contribution is 2.28. The molecule has 0 unspecified atom stereocenters. The number of rotatable bonds is 4. The second kappa shape index (κ2) is 8.18. The molecule has 0 fully saturated rings. The summed E-state index contributed by atoms with van der Waals surface area (Å²) in [7, 11) is 0. The van der Waals surface area contributed by atoms with E-state index in [4.69, 9.17) is 0 Å². The van der Waals surface area contributed by atoms with Gasteiger partial charge in [-0.15, -0.1) is 0 Å². The summed E-state index contributed by atoms with van der Waals surface area (Å²) in [5, 5.41) is 6.80. The van der Waals surface area contributed by atoms with E-state index >= 15 is 0 Å². The molecule has 4 rings (SSSR count). The van der Waals surface area contributed by atoms with Gasteiger partial charge in [0, 0.05) is 17.2 Å². The first-order valence-electron chi connectivity index (χ1n) is 9.87. The number of nitrogens with one attached hydrogen (secondary N) is 1. The van der Waals surface area contributed by atoms with Crippen LogP contribution in [0, 0.1) is 18.6 Å². The molecular formula is C23H21F2N3O2. The third kappa shape index (κ3) is 4.01. The lowest BCUT2D eigenvalue weighted by atomic mass is 9.89. The SMILES string of the molecule is Cc1ccc(-c2nn(CC(=O)Nc3cc(F)ccc3F)c(=O)c3c2CCCC3)cc1. The number of aryl methyl sites for hydroxylation is 1. The molecule has 1 N–H and O–H groups in total. The number of carbonyl (C=O) groups is 1. The Bertz CT molecular complexity index is 1170. The smallest absolute Gasteiger partial charge is 0.270 e. The normalized spacial score (nSPS) is 13.0. The van der Waals surface area contributed by atoms with Crippen LogP contribution in [0.15, 0.2) is 47.3 Å². The molecule has 1 aliphatic rings. The zero-order chi connectivity index (χ0) is 21.3. The summed E-state index contributed by atoms with van der Waals surface area (Å²) >= 11 is 0. The Kier molecular flexibility index (Phi) is 5.44. The second-order valence-corrected chi connectivity index (χ2v) is 7.51. The molecule has 0 aliphatic heterocycles. The average Bonchev–Trinajstić information content (AvgIpc) is 2.73. The van der Waals surface area contributed by atoms with Crippen molar-refractivity contribution in [3.8, 4) is 11.3 Å². The van der Waals surface area contributed by atoms with E-state index in [0.717, 1.165) is 58.8 Å².